The molecule has 0 radical (unpaired) electrons. The summed E-state index contributed by atoms with van der Waals surface area (Å²) >= 11 is 1.72. The summed E-state index contributed by atoms with van der Waals surface area (Å²) in [6, 6.07) is 7.94. The third-order valence-electron chi connectivity index (χ3n) is 5.12. The van der Waals surface area contributed by atoms with E-state index in [0.717, 1.165) is 17.5 Å². The van der Waals surface area contributed by atoms with Crippen LogP contribution < -0.4 is 10.6 Å². The number of thiazole rings is 1. The maximum Gasteiger partial charge on any atom is 0.0813 e. The molecule has 1 aliphatic heterocycles. The van der Waals surface area contributed by atoms with Crippen molar-refractivity contribution in [2.45, 2.75) is 50.6 Å². The summed E-state index contributed by atoms with van der Waals surface area (Å²) in [5.74, 6) is 0.794. The Morgan fingerprint density at radius 1 is 1.14 bits per heavy atom. The number of aromatic nitrogens is 1. The molecule has 1 aromatic carbocycles. The van der Waals surface area contributed by atoms with Gasteiger partial charge in [0.2, 0.25) is 0 Å². The van der Waals surface area contributed by atoms with Crippen LogP contribution in [0, 0.1) is 5.92 Å². The highest BCUT2D eigenvalue weighted by Gasteiger charge is 2.34. The van der Waals surface area contributed by atoms with Crippen molar-refractivity contribution in [3.8, 4) is 0 Å². The van der Waals surface area contributed by atoms with Crippen LogP contribution in [0.1, 0.15) is 38.5 Å². The highest BCUT2D eigenvalue weighted by molar-refractivity contribution is 7.16. The van der Waals surface area contributed by atoms with Gasteiger partial charge < -0.3 is 10.6 Å². The second-order valence-corrected chi connectivity index (χ2v) is 7.32. The minimum atomic E-state index is 0.631. The molecule has 4 rings (SSSR count). The first-order valence-electron chi connectivity index (χ1n) is 8.23. The number of nitrogens with zero attached hydrogens (tertiary/aromatic N) is 1. The minimum absolute atomic E-state index is 0.631. The molecule has 2 N–H and O–H groups in total. The number of fused-ring (bicyclic) bond motifs is 1. The summed E-state index contributed by atoms with van der Waals surface area (Å²) in [7, 11) is 0. The van der Waals surface area contributed by atoms with Crippen LogP contribution in [0.25, 0.3) is 10.2 Å². The SMILES string of the molecule is c1nc2ccc(NC3CCCC3C3CCCCN3)cc2s1. The first kappa shape index (κ1) is 13.5. The Labute approximate surface area is 130 Å². The number of hydrogen-bond acceptors (Lipinski definition) is 4. The Balaban J connectivity index is 1.49. The first-order valence-corrected chi connectivity index (χ1v) is 9.11. The van der Waals surface area contributed by atoms with E-state index in [-0.39, 0.29) is 0 Å². The van der Waals surface area contributed by atoms with Crippen molar-refractivity contribution in [2.75, 3.05) is 11.9 Å². The molecule has 3 atom stereocenters. The van der Waals surface area contributed by atoms with Crippen molar-refractivity contribution in [3.63, 3.8) is 0 Å². The topological polar surface area (TPSA) is 37.0 Å². The van der Waals surface area contributed by atoms with E-state index in [4.69, 9.17) is 0 Å². The average Bonchev–Trinajstić information content (AvgIpc) is 3.16. The van der Waals surface area contributed by atoms with Crippen molar-refractivity contribution in [1.82, 2.24) is 10.3 Å². The van der Waals surface area contributed by atoms with Crippen LogP contribution in [0.2, 0.25) is 0 Å². The molecule has 2 aromatic rings. The molecule has 3 unspecified atom stereocenters. The molecule has 1 saturated heterocycles. The largest absolute Gasteiger partial charge is 0.382 e. The Bertz CT molecular complexity index is 603. The van der Waals surface area contributed by atoms with Gasteiger partial charge in [0, 0.05) is 17.8 Å². The molecule has 2 heterocycles. The zero-order chi connectivity index (χ0) is 14.1. The predicted molar refractivity (Wildman–Crippen MR) is 90.0 cm³/mol. The fraction of sp³-hybridized carbons (Fsp3) is 0.588. The van der Waals surface area contributed by atoms with E-state index >= 15 is 0 Å². The maximum atomic E-state index is 4.36. The van der Waals surface area contributed by atoms with E-state index in [1.807, 2.05) is 5.51 Å². The molecule has 112 valence electrons. The van der Waals surface area contributed by atoms with Gasteiger partial charge in [-0.1, -0.05) is 12.8 Å². The van der Waals surface area contributed by atoms with Crippen molar-refractivity contribution in [2.24, 2.45) is 5.92 Å². The highest BCUT2D eigenvalue weighted by atomic mass is 32.1. The van der Waals surface area contributed by atoms with Gasteiger partial charge >= 0.3 is 0 Å². The smallest absolute Gasteiger partial charge is 0.0813 e. The lowest BCUT2D eigenvalue weighted by atomic mass is 9.88. The van der Waals surface area contributed by atoms with E-state index in [0.29, 0.717) is 6.04 Å². The lowest BCUT2D eigenvalue weighted by molar-refractivity contribution is 0.286. The van der Waals surface area contributed by atoms with Crippen molar-refractivity contribution in [1.29, 1.82) is 0 Å². The third kappa shape index (κ3) is 2.79. The second kappa shape index (κ2) is 5.93. The zero-order valence-corrected chi connectivity index (χ0v) is 13.2. The summed E-state index contributed by atoms with van der Waals surface area (Å²) in [4.78, 5) is 4.36. The molecular weight excluding hydrogens is 278 g/mol. The standard InChI is InChI=1S/C17H23N3S/c1-2-9-18-14(5-1)13-4-3-6-15(13)20-12-7-8-16-17(10-12)21-11-19-16/h7-8,10-11,13-15,18,20H,1-6,9H2. The molecule has 3 nitrogen and oxygen atoms in total. The van der Waals surface area contributed by atoms with Crippen molar-refractivity contribution in [3.05, 3.63) is 23.7 Å². The van der Waals surface area contributed by atoms with Crippen molar-refractivity contribution >= 4 is 27.2 Å². The molecular formula is C17H23N3S. The number of anilines is 1. The molecule has 1 aromatic heterocycles. The summed E-state index contributed by atoms with van der Waals surface area (Å²) in [6.07, 6.45) is 8.15. The summed E-state index contributed by atoms with van der Waals surface area (Å²) in [5, 5.41) is 7.56. The van der Waals surface area contributed by atoms with Crippen LogP contribution in [-0.2, 0) is 0 Å². The van der Waals surface area contributed by atoms with Gasteiger partial charge in [-0.3, -0.25) is 0 Å². The van der Waals surface area contributed by atoms with E-state index in [1.54, 1.807) is 11.3 Å². The summed E-state index contributed by atoms with van der Waals surface area (Å²) in [6.45, 7) is 1.21. The molecule has 0 bridgehead atoms. The Hall–Kier alpha value is -1.13. The van der Waals surface area contributed by atoms with E-state index in [1.165, 1.54) is 55.5 Å². The van der Waals surface area contributed by atoms with Crippen LogP contribution in [0.15, 0.2) is 23.7 Å². The lowest BCUT2D eigenvalue weighted by Crippen LogP contribution is -2.44. The monoisotopic (exact) mass is 301 g/mol. The summed E-state index contributed by atoms with van der Waals surface area (Å²) in [5.41, 5.74) is 4.31. The van der Waals surface area contributed by atoms with Gasteiger partial charge in [-0.25, -0.2) is 4.98 Å². The second-order valence-electron chi connectivity index (χ2n) is 6.44. The van der Waals surface area contributed by atoms with E-state index in [9.17, 15) is 0 Å². The molecule has 2 aliphatic rings. The van der Waals surface area contributed by atoms with Crippen LogP contribution in [-0.4, -0.2) is 23.6 Å². The van der Waals surface area contributed by atoms with Gasteiger partial charge in [-0.15, -0.1) is 11.3 Å². The zero-order valence-electron chi connectivity index (χ0n) is 12.3. The number of benzene rings is 1. The third-order valence-corrected chi connectivity index (χ3v) is 5.91. The number of hydrogen-bond donors (Lipinski definition) is 2. The van der Waals surface area contributed by atoms with Crippen LogP contribution in [0.4, 0.5) is 5.69 Å². The average molecular weight is 301 g/mol. The van der Waals surface area contributed by atoms with Gasteiger partial charge in [0.25, 0.3) is 0 Å². The fourth-order valence-corrected chi connectivity index (χ4v) is 4.77. The van der Waals surface area contributed by atoms with E-state index < -0.39 is 0 Å². The quantitative estimate of drug-likeness (QED) is 0.899. The Morgan fingerprint density at radius 2 is 2.14 bits per heavy atom. The first-order chi connectivity index (χ1) is 10.4. The molecule has 0 amide bonds. The molecule has 2 fully saturated rings. The molecule has 1 aliphatic carbocycles. The Morgan fingerprint density at radius 3 is 3.05 bits per heavy atom. The lowest BCUT2D eigenvalue weighted by Gasteiger charge is -2.33. The van der Waals surface area contributed by atoms with Gasteiger partial charge in [0.05, 0.1) is 15.7 Å². The van der Waals surface area contributed by atoms with Crippen LogP contribution in [0.5, 0.6) is 0 Å². The highest BCUT2D eigenvalue weighted by Crippen LogP contribution is 2.34. The van der Waals surface area contributed by atoms with Gasteiger partial charge in [-0.2, -0.15) is 0 Å². The number of rotatable bonds is 3. The normalized spacial score (nSPS) is 29.8. The van der Waals surface area contributed by atoms with Crippen molar-refractivity contribution < 1.29 is 0 Å². The number of piperidine rings is 1. The predicted octanol–water partition coefficient (Wildman–Crippen LogP) is 4.02. The fourth-order valence-electron chi connectivity index (χ4n) is 4.05. The Kier molecular flexibility index (Phi) is 3.82. The van der Waals surface area contributed by atoms with Crippen LogP contribution >= 0.6 is 11.3 Å². The van der Waals surface area contributed by atoms with E-state index in [2.05, 4.69) is 33.8 Å². The molecule has 1 saturated carbocycles. The maximum absolute atomic E-state index is 4.36. The van der Waals surface area contributed by atoms with Gasteiger partial charge in [0.15, 0.2) is 0 Å². The number of nitrogens with one attached hydrogen (secondary N) is 2. The van der Waals surface area contributed by atoms with Crippen LogP contribution in [0.3, 0.4) is 0 Å². The molecule has 4 heteroatoms. The minimum Gasteiger partial charge on any atom is -0.382 e. The summed E-state index contributed by atoms with van der Waals surface area (Å²) < 4.78 is 1.28. The molecule has 0 spiro atoms. The molecule has 21 heavy (non-hydrogen) atoms. The van der Waals surface area contributed by atoms with Gasteiger partial charge in [0.1, 0.15) is 0 Å². The van der Waals surface area contributed by atoms with Gasteiger partial charge in [-0.05, 0) is 56.3 Å².